The van der Waals surface area contributed by atoms with Gasteiger partial charge in [0.1, 0.15) is 6.10 Å². The topological polar surface area (TPSA) is 73.3 Å². The molecule has 2 heterocycles. The summed E-state index contributed by atoms with van der Waals surface area (Å²) in [4.78, 5) is 25.4. The van der Waals surface area contributed by atoms with E-state index in [4.69, 9.17) is 9.47 Å². The highest BCUT2D eigenvalue weighted by Gasteiger charge is 2.56. The fourth-order valence-corrected chi connectivity index (χ4v) is 3.27. The normalized spacial score (nSPS) is 28.4. The fraction of sp³-hybridized carbons (Fsp3) is 0.474. The molecule has 140 valence electrons. The smallest absolute Gasteiger partial charge is 0.330 e. The van der Waals surface area contributed by atoms with Gasteiger partial charge in [-0.05, 0) is 25.8 Å². The highest BCUT2D eigenvalue weighted by Crippen LogP contribution is 2.43. The lowest BCUT2D eigenvalue weighted by molar-refractivity contribution is -0.0627. The van der Waals surface area contributed by atoms with Crippen molar-refractivity contribution in [3.63, 3.8) is 0 Å². The number of alkyl halides is 1. The number of hydrogen-bond donors (Lipinski definition) is 1. The summed E-state index contributed by atoms with van der Waals surface area (Å²) in [6.07, 6.45) is -0.720. The molecule has 6 nitrogen and oxygen atoms in total. The average Bonchev–Trinajstić information content (AvgIpc) is 2.85. The van der Waals surface area contributed by atoms with Crippen molar-refractivity contribution in [1.82, 2.24) is 9.55 Å². The van der Waals surface area contributed by atoms with E-state index in [1.165, 1.54) is 19.2 Å². The molecule has 1 aromatic heterocycles. The number of halogens is 1. The van der Waals surface area contributed by atoms with Crippen molar-refractivity contribution in [2.24, 2.45) is 0 Å². The summed E-state index contributed by atoms with van der Waals surface area (Å²) in [5.74, 6) is 0. The van der Waals surface area contributed by atoms with E-state index in [0.29, 0.717) is 6.42 Å². The van der Waals surface area contributed by atoms with Gasteiger partial charge < -0.3 is 9.47 Å². The van der Waals surface area contributed by atoms with Crippen molar-refractivity contribution in [3.05, 3.63) is 68.5 Å². The summed E-state index contributed by atoms with van der Waals surface area (Å²) in [5, 5.41) is 0. The van der Waals surface area contributed by atoms with Crippen LogP contribution in [0.3, 0.4) is 0 Å². The molecular weight excluding hydrogens is 339 g/mol. The van der Waals surface area contributed by atoms with E-state index in [2.05, 4.69) is 4.98 Å². The minimum absolute atomic E-state index is 0.248. The van der Waals surface area contributed by atoms with Crippen LogP contribution >= 0.6 is 0 Å². The van der Waals surface area contributed by atoms with Gasteiger partial charge in [-0.3, -0.25) is 14.3 Å². The molecule has 3 rings (SSSR count). The predicted octanol–water partition coefficient (Wildman–Crippen LogP) is 2.47. The Balaban J connectivity index is 1.84. The van der Waals surface area contributed by atoms with Gasteiger partial charge in [-0.1, -0.05) is 36.8 Å². The first-order valence-electron chi connectivity index (χ1n) is 8.66. The van der Waals surface area contributed by atoms with Crippen LogP contribution in [0.4, 0.5) is 4.39 Å². The summed E-state index contributed by atoms with van der Waals surface area (Å²) in [5.41, 5.74) is -1.11. The van der Waals surface area contributed by atoms with Crippen molar-refractivity contribution >= 4 is 0 Å². The maximum Gasteiger partial charge on any atom is 0.330 e. The Labute approximate surface area is 150 Å². The second-order valence-corrected chi connectivity index (χ2v) is 6.82. The number of ether oxygens (including phenoxy) is 2. The molecule has 7 heteroatoms. The van der Waals surface area contributed by atoms with E-state index in [1.54, 1.807) is 0 Å². The molecule has 2 aromatic rings. The van der Waals surface area contributed by atoms with Crippen molar-refractivity contribution in [2.75, 3.05) is 0 Å². The first-order chi connectivity index (χ1) is 12.3. The van der Waals surface area contributed by atoms with Crippen LogP contribution in [0.1, 0.15) is 37.6 Å². The van der Waals surface area contributed by atoms with Crippen LogP contribution in [-0.2, 0) is 16.1 Å². The first-order valence-corrected chi connectivity index (χ1v) is 8.66. The Morgan fingerprint density at radius 1 is 1.27 bits per heavy atom. The van der Waals surface area contributed by atoms with Gasteiger partial charge in [0.2, 0.25) is 0 Å². The number of rotatable bonds is 5. The zero-order valence-electron chi connectivity index (χ0n) is 15.1. The number of nitrogens with zero attached hydrogens (tertiary/aromatic N) is 1. The molecule has 0 aliphatic carbocycles. The number of aromatic nitrogens is 2. The van der Waals surface area contributed by atoms with E-state index in [9.17, 15) is 9.59 Å². The van der Waals surface area contributed by atoms with Crippen molar-refractivity contribution in [3.8, 4) is 0 Å². The number of H-pyrrole nitrogens is 1. The van der Waals surface area contributed by atoms with E-state index >= 15 is 4.39 Å². The van der Waals surface area contributed by atoms with E-state index in [0.717, 1.165) is 15.7 Å². The van der Waals surface area contributed by atoms with E-state index in [1.807, 2.05) is 38.1 Å². The lowest BCUT2D eigenvalue weighted by Crippen LogP contribution is -2.44. The third kappa shape index (κ3) is 3.50. The number of hydrogen-bond acceptors (Lipinski definition) is 4. The summed E-state index contributed by atoms with van der Waals surface area (Å²) < 4.78 is 28.3. The van der Waals surface area contributed by atoms with E-state index < -0.39 is 35.4 Å². The maximum atomic E-state index is 15.6. The fourth-order valence-electron chi connectivity index (χ4n) is 3.27. The first kappa shape index (κ1) is 18.5. The third-order valence-corrected chi connectivity index (χ3v) is 4.74. The largest absolute Gasteiger partial charge is 0.367 e. The highest BCUT2D eigenvalue weighted by molar-refractivity contribution is 5.20. The number of aromatic amines is 1. The van der Waals surface area contributed by atoms with Crippen LogP contribution in [0, 0.1) is 6.92 Å². The van der Waals surface area contributed by atoms with Crippen molar-refractivity contribution in [2.45, 2.75) is 57.9 Å². The van der Waals surface area contributed by atoms with Crippen LogP contribution in [0.25, 0.3) is 0 Å². The standard InChI is InChI=1S/C19H23FN2O4/c1-4-14-16(25-11-13-7-5-12(2)6-8-13)19(3,20)17(26-14)22-10-9-15(23)21-18(22)24/h5-10,14,16-17H,4,11H2,1-3H3,(H,21,23,24)/t14-,16?,17-,19-/m1/s1. The Kier molecular flexibility index (Phi) is 5.11. The molecule has 0 saturated carbocycles. The lowest BCUT2D eigenvalue weighted by atomic mass is 9.96. The molecule has 1 unspecified atom stereocenters. The summed E-state index contributed by atoms with van der Waals surface area (Å²) in [6, 6.07) is 8.98. The molecule has 0 radical (unpaired) electrons. The SMILES string of the molecule is CC[C@H]1O[C@@H](n2ccc(=O)[nH]c2=O)[C@](C)(F)C1OCc1ccc(C)cc1. The molecule has 0 spiro atoms. The van der Waals surface area contributed by atoms with Gasteiger partial charge in [0.15, 0.2) is 11.9 Å². The van der Waals surface area contributed by atoms with Crippen LogP contribution in [0.2, 0.25) is 0 Å². The Morgan fingerprint density at radius 2 is 1.96 bits per heavy atom. The number of benzene rings is 1. The number of aryl methyl sites for hydroxylation is 1. The second-order valence-electron chi connectivity index (χ2n) is 6.82. The summed E-state index contributed by atoms with van der Waals surface area (Å²) >= 11 is 0. The zero-order valence-corrected chi connectivity index (χ0v) is 15.1. The number of nitrogens with one attached hydrogen (secondary N) is 1. The molecule has 1 saturated heterocycles. The predicted molar refractivity (Wildman–Crippen MR) is 94.8 cm³/mol. The minimum Gasteiger partial charge on any atom is -0.367 e. The quantitative estimate of drug-likeness (QED) is 0.887. The van der Waals surface area contributed by atoms with Gasteiger partial charge in [0.25, 0.3) is 5.56 Å². The van der Waals surface area contributed by atoms with Crippen molar-refractivity contribution in [1.29, 1.82) is 0 Å². The van der Waals surface area contributed by atoms with Gasteiger partial charge in [-0.25, -0.2) is 9.18 Å². The summed E-state index contributed by atoms with van der Waals surface area (Å²) in [7, 11) is 0. The minimum atomic E-state index is -1.94. The van der Waals surface area contributed by atoms with Gasteiger partial charge >= 0.3 is 5.69 Å². The molecular formula is C19H23FN2O4. The van der Waals surface area contributed by atoms with Gasteiger partial charge in [-0.15, -0.1) is 0 Å². The van der Waals surface area contributed by atoms with Gasteiger partial charge in [0.05, 0.1) is 12.7 Å². The lowest BCUT2D eigenvalue weighted by Gasteiger charge is -2.28. The molecule has 4 atom stereocenters. The molecule has 0 amide bonds. The maximum absolute atomic E-state index is 15.6. The van der Waals surface area contributed by atoms with E-state index in [-0.39, 0.29) is 6.61 Å². The molecule has 26 heavy (non-hydrogen) atoms. The molecule has 0 bridgehead atoms. The Hall–Kier alpha value is -2.25. The van der Waals surface area contributed by atoms with Crippen molar-refractivity contribution < 1.29 is 13.9 Å². The summed E-state index contributed by atoms with van der Waals surface area (Å²) in [6.45, 7) is 5.48. The zero-order chi connectivity index (χ0) is 18.9. The van der Waals surface area contributed by atoms with Gasteiger partial charge in [0, 0.05) is 12.3 Å². The van der Waals surface area contributed by atoms with Crippen LogP contribution < -0.4 is 11.2 Å². The third-order valence-electron chi connectivity index (χ3n) is 4.74. The van der Waals surface area contributed by atoms with Crippen LogP contribution in [0.15, 0.2) is 46.1 Å². The average molecular weight is 362 g/mol. The molecule has 1 aliphatic rings. The molecule has 1 N–H and O–H groups in total. The van der Waals surface area contributed by atoms with Crippen LogP contribution in [0.5, 0.6) is 0 Å². The molecule has 1 aromatic carbocycles. The van der Waals surface area contributed by atoms with Crippen LogP contribution in [-0.4, -0.2) is 27.4 Å². The molecule has 1 aliphatic heterocycles. The van der Waals surface area contributed by atoms with Gasteiger partial charge in [-0.2, -0.15) is 0 Å². The monoisotopic (exact) mass is 362 g/mol. The Bertz CT molecular complexity index is 872. The second kappa shape index (κ2) is 7.17. The highest BCUT2D eigenvalue weighted by atomic mass is 19.1. The molecule has 1 fully saturated rings. The Morgan fingerprint density at radius 3 is 2.58 bits per heavy atom.